The van der Waals surface area contributed by atoms with E-state index in [1.165, 1.54) is 17.4 Å². The van der Waals surface area contributed by atoms with Gasteiger partial charge in [-0.05, 0) is 37.1 Å². The standard InChI is InChI=1S/C18H17FN2OS/c1-3-11-21-16-14(19)9-6-10-15(16)23-18(21)20-17(22)13-8-5-4-7-12(13)2/h4-10H,3,11H2,1-2H3. The first-order chi connectivity index (χ1) is 11.1. The second-order valence-electron chi connectivity index (χ2n) is 5.35. The summed E-state index contributed by atoms with van der Waals surface area (Å²) >= 11 is 1.34. The highest BCUT2D eigenvalue weighted by Crippen LogP contribution is 2.21. The number of hydrogen-bond donors (Lipinski definition) is 0. The molecule has 1 heterocycles. The van der Waals surface area contributed by atoms with E-state index in [0.29, 0.717) is 22.4 Å². The highest BCUT2D eigenvalue weighted by molar-refractivity contribution is 7.16. The van der Waals surface area contributed by atoms with Crippen LogP contribution in [0.1, 0.15) is 29.3 Å². The molecule has 0 N–H and O–H groups in total. The zero-order chi connectivity index (χ0) is 16.4. The Kier molecular flexibility index (Phi) is 4.39. The van der Waals surface area contributed by atoms with E-state index in [2.05, 4.69) is 4.99 Å². The van der Waals surface area contributed by atoms with E-state index >= 15 is 0 Å². The van der Waals surface area contributed by atoms with Crippen molar-refractivity contribution in [2.45, 2.75) is 26.8 Å². The maximum absolute atomic E-state index is 14.2. The zero-order valence-electron chi connectivity index (χ0n) is 13.0. The summed E-state index contributed by atoms with van der Waals surface area (Å²) < 4.78 is 16.8. The third-order valence-electron chi connectivity index (χ3n) is 3.67. The third kappa shape index (κ3) is 2.97. The van der Waals surface area contributed by atoms with Crippen LogP contribution in [0.15, 0.2) is 47.5 Å². The van der Waals surface area contributed by atoms with Crippen LogP contribution < -0.4 is 4.80 Å². The van der Waals surface area contributed by atoms with E-state index in [1.54, 1.807) is 16.7 Å². The molecule has 1 aromatic heterocycles. The Morgan fingerprint density at radius 3 is 2.74 bits per heavy atom. The highest BCUT2D eigenvalue weighted by Gasteiger charge is 2.12. The van der Waals surface area contributed by atoms with Crippen molar-refractivity contribution >= 4 is 27.5 Å². The number of fused-ring (bicyclic) bond motifs is 1. The SMILES string of the molecule is CCCn1c(=NC(=O)c2ccccc2C)sc2cccc(F)c21. The summed E-state index contributed by atoms with van der Waals surface area (Å²) in [4.78, 5) is 17.3. The fourth-order valence-corrected chi connectivity index (χ4v) is 3.63. The van der Waals surface area contributed by atoms with Crippen molar-refractivity contribution in [3.8, 4) is 0 Å². The molecule has 0 aliphatic heterocycles. The van der Waals surface area contributed by atoms with E-state index in [-0.39, 0.29) is 11.7 Å². The molecule has 0 unspecified atom stereocenters. The van der Waals surface area contributed by atoms with Crippen molar-refractivity contribution in [2.24, 2.45) is 4.99 Å². The summed E-state index contributed by atoms with van der Waals surface area (Å²) in [6.07, 6.45) is 0.839. The number of hydrogen-bond acceptors (Lipinski definition) is 2. The van der Waals surface area contributed by atoms with Crippen LogP contribution in [0.2, 0.25) is 0 Å². The molecule has 5 heteroatoms. The van der Waals surface area contributed by atoms with Crippen molar-refractivity contribution < 1.29 is 9.18 Å². The number of aromatic nitrogens is 1. The van der Waals surface area contributed by atoms with Gasteiger partial charge in [-0.15, -0.1) is 0 Å². The topological polar surface area (TPSA) is 34.4 Å². The Labute approximate surface area is 137 Å². The van der Waals surface area contributed by atoms with E-state index in [1.807, 2.05) is 38.1 Å². The summed E-state index contributed by atoms with van der Waals surface area (Å²) in [7, 11) is 0. The largest absolute Gasteiger partial charge is 0.314 e. The fourth-order valence-electron chi connectivity index (χ4n) is 2.56. The number of para-hydroxylation sites is 1. The molecular weight excluding hydrogens is 311 g/mol. The van der Waals surface area contributed by atoms with Crippen molar-refractivity contribution in [3.63, 3.8) is 0 Å². The number of halogens is 1. The number of benzene rings is 2. The second kappa shape index (κ2) is 6.46. The highest BCUT2D eigenvalue weighted by atomic mass is 32.1. The molecule has 0 aliphatic rings. The summed E-state index contributed by atoms with van der Waals surface area (Å²) in [5.41, 5.74) is 1.99. The molecular formula is C18H17FN2OS. The molecule has 3 aromatic rings. The van der Waals surface area contributed by atoms with Crippen molar-refractivity contribution in [3.05, 3.63) is 64.2 Å². The summed E-state index contributed by atoms with van der Waals surface area (Å²) in [5.74, 6) is -0.572. The van der Waals surface area contributed by atoms with Gasteiger partial charge in [-0.1, -0.05) is 42.5 Å². The summed E-state index contributed by atoms with van der Waals surface area (Å²) in [6.45, 7) is 4.53. The van der Waals surface area contributed by atoms with Gasteiger partial charge in [0.05, 0.1) is 10.2 Å². The monoisotopic (exact) mass is 328 g/mol. The number of nitrogens with zero attached hydrogens (tertiary/aromatic N) is 2. The molecule has 118 valence electrons. The Balaban J connectivity index is 2.19. The average molecular weight is 328 g/mol. The van der Waals surface area contributed by atoms with Gasteiger partial charge < -0.3 is 4.57 Å². The van der Waals surface area contributed by atoms with Gasteiger partial charge in [0.2, 0.25) is 0 Å². The molecule has 2 aromatic carbocycles. The molecule has 3 nitrogen and oxygen atoms in total. The van der Waals surface area contributed by atoms with Gasteiger partial charge in [0.25, 0.3) is 5.91 Å². The molecule has 0 saturated heterocycles. The molecule has 0 radical (unpaired) electrons. The van der Waals surface area contributed by atoms with Crippen LogP contribution in [0.3, 0.4) is 0 Å². The minimum absolute atomic E-state index is 0.281. The van der Waals surface area contributed by atoms with Crippen LogP contribution in [-0.2, 0) is 6.54 Å². The van der Waals surface area contributed by atoms with Crippen LogP contribution in [0.4, 0.5) is 4.39 Å². The van der Waals surface area contributed by atoms with Gasteiger partial charge in [0.15, 0.2) is 4.80 Å². The molecule has 1 amide bonds. The van der Waals surface area contributed by atoms with Gasteiger partial charge in [0, 0.05) is 12.1 Å². The molecule has 0 bridgehead atoms. The van der Waals surface area contributed by atoms with Gasteiger partial charge in [-0.2, -0.15) is 4.99 Å². The number of rotatable bonds is 3. The first-order valence-corrected chi connectivity index (χ1v) is 8.36. The number of amides is 1. The molecule has 0 spiro atoms. The predicted octanol–water partition coefficient (Wildman–Crippen LogP) is 4.30. The van der Waals surface area contributed by atoms with Crippen molar-refractivity contribution in [1.29, 1.82) is 0 Å². The number of carbonyl (C=O) groups is 1. The van der Waals surface area contributed by atoms with Crippen molar-refractivity contribution in [1.82, 2.24) is 4.57 Å². The fraction of sp³-hybridized carbons (Fsp3) is 0.222. The minimum atomic E-state index is -0.292. The maximum atomic E-state index is 14.2. The Morgan fingerprint density at radius 2 is 2.00 bits per heavy atom. The first kappa shape index (κ1) is 15.6. The smallest absolute Gasteiger partial charge is 0.279 e. The van der Waals surface area contributed by atoms with Gasteiger partial charge in [-0.3, -0.25) is 4.79 Å². The molecule has 0 fully saturated rings. The lowest BCUT2D eigenvalue weighted by Crippen LogP contribution is -2.17. The van der Waals surface area contributed by atoms with E-state index in [4.69, 9.17) is 0 Å². The second-order valence-corrected chi connectivity index (χ2v) is 6.36. The lowest BCUT2D eigenvalue weighted by Gasteiger charge is -2.04. The van der Waals surface area contributed by atoms with E-state index < -0.39 is 0 Å². The molecule has 3 rings (SSSR count). The number of carbonyl (C=O) groups excluding carboxylic acids is 1. The molecule has 0 aliphatic carbocycles. The quantitative estimate of drug-likeness (QED) is 0.706. The van der Waals surface area contributed by atoms with Crippen LogP contribution in [0, 0.1) is 12.7 Å². The number of thiazole rings is 1. The maximum Gasteiger partial charge on any atom is 0.279 e. The lowest BCUT2D eigenvalue weighted by molar-refractivity contribution is 0.0997. The van der Waals surface area contributed by atoms with Crippen LogP contribution in [0.5, 0.6) is 0 Å². The Bertz CT molecular complexity index is 940. The van der Waals surface area contributed by atoms with Gasteiger partial charge in [0.1, 0.15) is 5.82 Å². The van der Waals surface area contributed by atoms with Crippen molar-refractivity contribution in [2.75, 3.05) is 0 Å². The summed E-state index contributed by atoms with van der Waals surface area (Å²) in [6, 6.07) is 12.3. The third-order valence-corrected chi connectivity index (χ3v) is 4.72. The molecule has 0 saturated carbocycles. The normalized spacial score (nSPS) is 12.0. The van der Waals surface area contributed by atoms with Gasteiger partial charge >= 0.3 is 0 Å². The Hall–Kier alpha value is -2.27. The first-order valence-electron chi connectivity index (χ1n) is 7.54. The van der Waals surface area contributed by atoms with Crippen LogP contribution >= 0.6 is 11.3 Å². The van der Waals surface area contributed by atoms with E-state index in [9.17, 15) is 9.18 Å². The van der Waals surface area contributed by atoms with E-state index in [0.717, 1.165) is 16.7 Å². The molecule has 23 heavy (non-hydrogen) atoms. The van der Waals surface area contributed by atoms with Gasteiger partial charge in [-0.25, -0.2) is 4.39 Å². The Morgan fingerprint density at radius 1 is 1.22 bits per heavy atom. The predicted molar refractivity (Wildman–Crippen MR) is 91.1 cm³/mol. The van der Waals surface area contributed by atoms with Crippen LogP contribution in [0.25, 0.3) is 10.2 Å². The lowest BCUT2D eigenvalue weighted by atomic mass is 10.1. The summed E-state index contributed by atoms with van der Waals surface area (Å²) in [5, 5.41) is 0. The molecule has 0 atom stereocenters. The average Bonchev–Trinajstić information content (AvgIpc) is 2.87. The van der Waals surface area contributed by atoms with Crippen LogP contribution in [-0.4, -0.2) is 10.5 Å². The number of aryl methyl sites for hydroxylation is 2. The zero-order valence-corrected chi connectivity index (χ0v) is 13.9. The minimum Gasteiger partial charge on any atom is -0.314 e.